The molecular formula is C16H23NO4. The molecule has 0 saturated heterocycles. The van der Waals surface area contributed by atoms with Gasteiger partial charge in [-0.25, -0.2) is 0 Å². The predicted octanol–water partition coefficient (Wildman–Crippen LogP) is 1.96. The zero-order valence-electron chi connectivity index (χ0n) is 12.6. The van der Waals surface area contributed by atoms with Gasteiger partial charge in [0.2, 0.25) is 5.91 Å². The van der Waals surface area contributed by atoms with Crippen molar-refractivity contribution in [2.45, 2.75) is 32.1 Å². The molecular weight excluding hydrogens is 270 g/mol. The summed E-state index contributed by atoms with van der Waals surface area (Å²) >= 11 is 0. The maximum absolute atomic E-state index is 11.8. The van der Waals surface area contributed by atoms with Crippen molar-refractivity contribution in [3.05, 3.63) is 35.9 Å². The van der Waals surface area contributed by atoms with Crippen molar-refractivity contribution in [1.29, 1.82) is 0 Å². The van der Waals surface area contributed by atoms with Gasteiger partial charge in [-0.05, 0) is 18.9 Å². The van der Waals surface area contributed by atoms with Crippen LogP contribution in [0.15, 0.2) is 30.3 Å². The van der Waals surface area contributed by atoms with Crippen LogP contribution in [0.5, 0.6) is 0 Å². The molecule has 116 valence electrons. The van der Waals surface area contributed by atoms with E-state index in [4.69, 9.17) is 4.74 Å². The highest BCUT2D eigenvalue weighted by Crippen LogP contribution is 2.27. The number of carboxylic acids is 1. The van der Waals surface area contributed by atoms with E-state index < -0.39 is 11.4 Å². The Hall–Kier alpha value is -1.88. The van der Waals surface area contributed by atoms with Gasteiger partial charge in [0.1, 0.15) is 5.41 Å². The smallest absolute Gasteiger partial charge is 0.315 e. The van der Waals surface area contributed by atoms with Gasteiger partial charge in [-0.15, -0.1) is 0 Å². The summed E-state index contributed by atoms with van der Waals surface area (Å²) in [5.74, 6) is -1.13. The highest BCUT2D eigenvalue weighted by atomic mass is 16.5. The largest absolute Gasteiger partial charge is 0.481 e. The van der Waals surface area contributed by atoms with E-state index in [0.717, 1.165) is 0 Å². The quantitative estimate of drug-likeness (QED) is 0.682. The fourth-order valence-electron chi connectivity index (χ4n) is 2.19. The second-order valence-corrected chi connectivity index (χ2v) is 4.83. The number of hydrogen-bond donors (Lipinski definition) is 2. The molecule has 1 amide bonds. The van der Waals surface area contributed by atoms with Gasteiger partial charge in [-0.3, -0.25) is 9.59 Å². The Balaban J connectivity index is 2.76. The summed E-state index contributed by atoms with van der Waals surface area (Å²) in [7, 11) is 0. The molecule has 5 nitrogen and oxygen atoms in total. The highest BCUT2D eigenvalue weighted by molar-refractivity contribution is 5.83. The van der Waals surface area contributed by atoms with Crippen molar-refractivity contribution >= 4 is 11.9 Å². The summed E-state index contributed by atoms with van der Waals surface area (Å²) < 4.78 is 5.12. The molecule has 0 saturated carbocycles. The van der Waals surface area contributed by atoms with Crippen LogP contribution in [0, 0.1) is 0 Å². The highest BCUT2D eigenvalue weighted by Gasteiger charge is 2.38. The average Bonchev–Trinajstić information content (AvgIpc) is 2.49. The normalized spacial score (nSPS) is 13.4. The van der Waals surface area contributed by atoms with Crippen LogP contribution in [0.3, 0.4) is 0 Å². The zero-order chi connectivity index (χ0) is 15.7. The van der Waals surface area contributed by atoms with Gasteiger partial charge in [0.15, 0.2) is 0 Å². The van der Waals surface area contributed by atoms with Gasteiger partial charge in [0.25, 0.3) is 0 Å². The van der Waals surface area contributed by atoms with Crippen molar-refractivity contribution in [3.8, 4) is 0 Å². The van der Waals surface area contributed by atoms with Crippen LogP contribution >= 0.6 is 0 Å². The first-order valence-electron chi connectivity index (χ1n) is 7.20. The number of benzene rings is 1. The number of rotatable bonds is 9. The molecule has 21 heavy (non-hydrogen) atoms. The lowest BCUT2D eigenvalue weighted by molar-refractivity contribution is -0.144. The second-order valence-electron chi connectivity index (χ2n) is 4.83. The van der Waals surface area contributed by atoms with E-state index in [1.54, 1.807) is 24.3 Å². The van der Waals surface area contributed by atoms with E-state index in [2.05, 4.69) is 5.32 Å². The first-order valence-corrected chi connectivity index (χ1v) is 7.20. The van der Waals surface area contributed by atoms with Crippen molar-refractivity contribution in [3.63, 3.8) is 0 Å². The zero-order valence-corrected chi connectivity index (χ0v) is 12.6. The lowest BCUT2D eigenvalue weighted by Gasteiger charge is -2.29. The minimum absolute atomic E-state index is 0.0772. The Morgan fingerprint density at radius 2 is 1.90 bits per heavy atom. The summed E-state index contributed by atoms with van der Waals surface area (Å²) in [5, 5.41) is 12.3. The number of hydrogen-bond acceptors (Lipinski definition) is 3. The predicted molar refractivity (Wildman–Crippen MR) is 80.2 cm³/mol. The molecule has 0 fully saturated rings. The molecule has 1 aromatic carbocycles. The second kappa shape index (κ2) is 8.42. The topological polar surface area (TPSA) is 75.6 Å². The van der Waals surface area contributed by atoms with Crippen LogP contribution in [-0.2, 0) is 19.7 Å². The minimum atomic E-state index is -1.09. The molecule has 0 aliphatic rings. The molecule has 0 heterocycles. The Bertz CT molecular complexity index is 461. The van der Waals surface area contributed by atoms with Crippen LogP contribution in [0.2, 0.25) is 0 Å². The first-order chi connectivity index (χ1) is 10.1. The van der Waals surface area contributed by atoms with Gasteiger partial charge in [-0.1, -0.05) is 37.3 Å². The summed E-state index contributed by atoms with van der Waals surface area (Å²) in [6.07, 6.45) is 0.639. The van der Waals surface area contributed by atoms with Gasteiger partial charge in [-0.2, -0.15) is 0 Å². The average molecular weight is 293 g/mol. The Labute approximate surface area is 125 Å². The third kappa shape index (κ3) is 4.56. The van der Waals surface area contributed by atoms with E-state index in [9.17, 15) is 14.7 Å². The Morgan fingerprint density at radius 3 is 2.43 bits per heavy atom. The van der Waals surface area contributed by atoms with E-state index in [1.807, 2.05) is 19.9 Å². The summed E-state index contributed by atoms with van der Waals surface area (Å²) in [6, 6.07) is 9.01. The third-order valence-corrected chi connectivity index (χ3v) is 3.60. The summed E-state index contributed by atoms with van der Waals surface area (Å²) in [6.45, 7) is 4.66. The molecule has 0 aromatic heterocycles. The van der Waals surface area contributed by atoms with Crippen molar-refractivity contribution < 1.29 is 19.4 Å². The molecule has 1 rings (SSSR count). The molecule has 1 unspecified atom stereocenters. The number of carbonyl (C=O) groups excluding carboxylic acids is 1. The monoisotopic (exact) mass is 293 g/mol. The van der Waals surface area contributed by atoms with Gasteiger partial charge in [0, 0.05) is 19.6 Å². The number of amides is 1. The summed E-state index contributed by atoms with van der Waals surface area (Å²) in [5.41, 5.74) is -0.396. The number of ether oxygens (including phenoxy) is 1. The lowest BCUT2D eigenvalue weighted by Crippen LogP contribution is -2.46. The third-order valence-electron chi connectivity index (χ3n) is 3.60. The Morgan fingerprint density at radius 1 is 1.24 bits per heavy atom. The van der Waals surface area contributed by atoms with Crippen LogP contribution in [0.1, 0.15) is 32.3 Å². The van der Waals surface area contributed by atoms with E-state index >= 15 is 0 Å². The van der Waals surface area contributed by atoms with E-state index in [1.165, 1.54) is 0 Å². The summed E-state index contributed by atoms with van der Waals surface area (Å²) in [4.78, 5) is 23.5. The number of carboxylic acid groups (broad SMARTS) is 1. The van der Waals surface area contributed by atoms with Crippen molar-refractivity contribution in [1.82, 2.24) is 5.32 Å². The van der Waals surface area contributed by atoms with E-state index in [0.29, 0.717) is 25.2 Å². The van der Waals surface area contributed by atoms with Gasteiger partial charge in [0.05, 0.1) is 6.61 Å². The van der Waals surface area contributed by atoms with Crippen LogP contribution < -0.4 is 5.32 Å². The molecule has 5 heteroatoms. The maximum atomic E-state index is 11.8. The van der Waals surface area contributed by atoms with Crippen LogP contribution in [0.25, 0.3) is 0 Å². The molecule has 0 spiro atoms. The molecule has 1 atom stereocenters. The molecule has 0 aliphatic heterocycles. The van der Waals surface area contributed by atoms with E-state index in [-0.39, 0.29) is 18.9 Å². The van der Waals surface area contributed by atoms with Gasteiger partial charge < -0.3 is 15.2 Å². The van der Waals surface area contributed by atoms with Crippen LogP contribution in [-0.4, -0.2) is 36.7 Å². The maximum Gasteiger partial charge on any atom is 0.315 e. The minimum Gasteiger partial charge on any atom is -0.481 e. The van der Waals surface area contributed by atoms with Crippen LogP contribution in [0.4, 0.5) is 0 Å². The fraction of sp³-hybridized carbons (Fsp3) is 0.500. The first kappa shape index (κ1) is 17.2. The molecule has 0 bridgehead atoms. The fourth-order valence-corrected chi connectivity index (χ4v) is 2.19. The standard InChI is InChI=1S/C16H23NO4/c1-3-16(15(19)20,13-8-6-5-7-9-13)12-17-14(18)10-11-21-4-2/h5-9H,3-4,10-12H2,1-2H3,(H,17,18)(H,19,20). The number of aliphatic carboxylic acids is 1. The number of nitrogens with one attached hydrogen (secondary N) is 1. The Kier molecular flexibility index (Phi) is 6.88. The molecule has 0 radical (unpaired) electrons. The van der Waals surface area contributed by atoms with Crippen molar-refractivity contribution in [2.75, 3.05) is 19.8 Å². The molecule has 2 N–H and O–H groups in total. The molecule has 0 aliphatic carbocycles. The van der Waals surface area contributed by atoms with Gasteiger partial charge >= 0.3 is 5.97 Å². The number of carbonyl (C=O) groups is 2. The van der Waals surface area contributed by atoms with Crippen molar-refractivity contribution in [2.24, 2.45) is 0 Å². The SMILES string of the molecule is CCOCCC(=O)NCC(CC)(C(=O)O)c1ccccc1. The lowest BCUT2D eigenvalue weighted by atomic mass is 9.78. The molecule has 1 aromatic rings.